The van der Waals surface area contributed by atoms with Crippen LogP contribution in [0.15, 0.2) is 67.0 Å². The highest BCUT2D eigenvalue weighted by atomic mass is 16.3. The van der Waals surface area contributed by atoms with E-state index in [4.69, 9.17) is 0 Å². The van der Waals surface area contributed by atoms with E-state index in [1.54, 1.807) is 23.4 Å². The van der Waals surface area contributed by atoms with Gasteiger partial charge in [-0.25, -0.2) is 9.97 Å². The Morgan fingerprint density at radius 1 is 0.909 bits per heavy atom. The van der Waals surface area contributed by atoms with E-state index in [9.17, 15) is 14.7 Å². The quantitative estimate of drug-likeness (QED) is 0.619. The van der Waals surface area contributed by atoms with Crippen LogP contribution in [0.1, 0.15) is 17.0 Å². The molecule has 1 unspecified atom stereocenters. The summed E-state index contributed by atoms with van der Waals surface area (Å²) in [4.78, 5) is 38.7. The summed E-state index contributed by atoms with van der Waals surface area (Å²) in [6.45, 7) is 1.66. The second-order valence-corrected chi connectivity index (χ2v) is 8.21. The summed E-state index contributed by atoms with van der Waals surface area (Å²) in [6.07, 6.45) is 3.38. The lowest BCUT2D eigenvalue weighted by Crippen LogP contribution is -2.56. The molecule has 2 amide bonds. The number of carbonyl (C=O) groups is 2. The van der Waals surface area contributed by atoms with Crippen molar-refractivity contribution in [2.45, 2.75) is 12.0 Å². The van der Waals surface area contributed by atoms with Gasteiger partial charge in [0.2, 0.25) is 17.8 Å². The molecule has 2 heterocycles. The van der Waals surface area contributed by atoms with E-state index >= 15 is 0 Å². The number of rotatable bonds is 5. The fourth-order valence-electron chi connectivity index (χ4n) is 4.68. The van der Waals surface area contributed by atoms with Crippen LogP contribution in [0.2, 0.25) is 0 Å². The molecule has 0 saturated carbocycles. The van der Waals surface area contributed by atoms with Crippen molar-refractivity contribution in [3.63, 3.8) is 0 Å². The Balaban J connectivity index is 1.28. The zero-order chi connectivity index (χ0) is 22.8. The lowest BCUT2D eigenvalue weighted by Gasteiger charge is -2.36. The van der Waals surface area contributed by atoms with E-state index in [0.717, 1.165) is 22.3 Å². The Hall–Kier alpha value is -3.78. The fraction of sp³-hybridized carbons (Fsp3) is 0.280. The largest absolute Gasteiger partial charge is 0.394 e. The van der Waals surface area contributed by atoms with Gasteiger partial charge < -0.3 is 20.2 Å². The average Bonchev–Trinajstić information content (AvgIpc) is 3.22. The number of benzene rings is 2. The maximum Gasteiger partial charge on any atom is 0.247 e. The van der Waals surface area contributed by atoms with E-state index < -0.39 is 18.6 Å². The van der Waals surface area contributed by atoms with Crippen molar-refractivity contribution in [2.24, 2.45) is 0 Å². The lowest BCUT2D eigenvalue weighted by molar-refractivity contribution is -0.138. The second-order valence-electron chi connectivity index (χ2n) is 8.21. The number of fused-ring (bicyclic) bond motifs is 3. The summed E-state index contributed by atoms with van der Waals surface area (Å²) < 4.78 is 0. The minimum Gasteiger partial charge on any atom is -0.394 e. The Labute approximate surface area is 191 Å². The van der Waals surface area contributed by atoms with Crippen LogP contribution in [0.25, 0.3) is 11.1 Å². The molecule has 1 aliphatic heterocycles. The van der Waals surface area contributed by atoms with E-state index in [1.807, 2.05) is 53.4 Å². The van der Waals surface area contributed by atoms with Gasteiger partial charge in [-0.05, 0) is 28.3 Å². The predicted molar refractivity (Wildman–Crippen MR) is 124 cm³/mol. The highest BCUT2D eigenvalue weighted by Crippen LogP contribution is 2.44. The van der Waals surface area contributed by atoms with Crippen molar-refractivity contribution in [2.75, 3.05) is 37.7 Å². The Kier molecular flexibility index (Phi) is 5.75. The zero-order valence-corrected chi connectivity index (χ0v) is 18.1. The van der Waals surface area contributed by atoms with Gasteiger partial charge in [0, 0.05) is 38.6 Å². The molecule has 3 aromatic rings. The smallest absolute Gasteiger partial charge is 0.247 e. The van der Waals surface area contributed by atoms with Crippen LogP contribution >= 0.6 is 0 Å². The minimum absolute atomic E-state index is 0.279. The first kappa shape index (κ1) is 21.1. The molecule has 2 aromatic carbocycles. The van der Waals surface area contributed by atoms with Gasteiger partial charge in [0.1, 0.15) is 6.04 Å². The summed E-state index contributed by atoms with van der Waals surface area (Å²) in [5.74, 6) is -0.434. The van der Waals surface area contributed by atoms with Crippen LogP contribution in [0, 0.1) is 0 Å². The molecule has 1 saturated heterocycles. The van der Waals surface area contributed by atoms with E-state index in [-0.39, 0.29) is 11.8 Å². The molecule has 8 heteroatoms. The standard InChI is InChI=1S/C25H25N5O3/c31-16-21(24(33)29-12-14-30(15-13-29)25-26-10-5-11-27-25)28-23(32)22-19-8-3-1-6-17(19)18-7-2-4-9-20(18)22/h1-11,21-22,31H,12-16H2,(H,28,32). The van der Waals surface area contributed by atoms with Gasteiger partial charge in [0.05, 0.1) is 12.5 Å². The number of piperazine rings is 1. The van der Waals surface area contributed by atoms with Crippen molar-refractivity contribution in [3.8, 4) is 11.1 Å². The molecule has 1 aliphatic carbocycles. The van der Waals surface area contributed by atoms with Gasteiger partial charge in [0.25, 0.3) is 0 Å². The number of hydrogen-bond acceptors (Lipinski definition) is 6. The third kappa shape index (κ3) is 3.93. The molecular formula is C25H25N5O3. The lowest BCUT2D eigenvalue weighted by atomic mass is 9.95. The minimum atomic E-state index is -0.989. The molecule has 0 bridgehead atoms. The van der Waals surface area contributed by atoms with Crippen LogP contribution < -0.4 is 10.2 Å². The normalized spacial score (nSPS) is 16.2. The highest BCUT2D eigenvalue weighted by Gasteiger charge is 2.36. The van der Waals surface area contributed by atoms with Crippen molar-refractivity contribution >= 4 is 17.8 Å². The molecule has 1 atom stereocenters. The van der Waals surface area contributed by atoms with Gasteiger partial charge in [-0.3, -0.25) is 9.59 Å². The van der Waals surface area contributed by atoms with Crippen LogP contribution in [0.5, 0.6) is 0 Å². The number of aliphatic hydroxyl groups excluding tert-OH is 1. The Morgan fingerprint density at radius 3 is 2.06 bits per heavy atom. The van der Waals surface area contributed by atoms with Crippen molar-refractivity contribution < 1.29 is 14.7 Å². The van der Waals surface area contributed by atoms with Crippen molar-refractivity contribution in [1.29, 1.82) is 0 Å². The topological polar surface area (TPSA) is 98.7 Å². The molecule has 2 aliphatic rings. The highest BCUT2D eigenvalue weighted by molar-refractivity contribution is 5.98. The third-order valence-corrected chi connectivity index (χ3v) is 6.32. The number of aromatic nitrogens is 2. The first-order chi connectivity index (χ1) is 16.2. The second kappa shape index (κ2) is 8.99. The first-order valence-corrected chi connectivity index (χ1v) is 11.1. The molecule has 5 rings (SSSR count). The maximum atomic E-state index is 13.3. The number of nitrogens with one attached hydrogen (secondary N) is 1. The number of anilines is 1. The van der Waals surface area contributed by atoms with Crippen LogP contribution in [0.3, 0.4) is 0 Å². The van der Waals surface area contributed by atoms with E-state index in [0.29, 0.717) is 32.1 Å². The Morgan fingerprint density at radius 2 is 1.48 bits per heavy atom. The predicted octanol–water partition coefficient (Wildman–Crippen LogP) is 1.41. The molecule has 168 valence electrons. The first-order valence-electron chi connectivity index (χ1n) is 11.1. The summed E-state index contributed by atoms with van der Waals surface area (Å²) in [7, 11) is 0. The number of amides is 2. The fourth-order valence-corrected chi connectivity index (χ4v) is 4.68. The van der Waals surface area contributed by atoms with E-state index in [1.165, 1.54) is 0 Å². The van der Waals surface area contributed by atoms with Crippen LogP contribution in [-0.2, 0) is 9.59 Å². The van der Waals surface area contributed by atoms with Gasteiger partial charge in [0.15, 0.2) is 0 Å². The summed E-state index contributed by atoms with van der Waals surface area (Å²) in [5, 5.41) is 12.8. The monoisotopic (exact) mass is 443 g/mol. The van der Waals surface area contributed by atoms with Crippen molar-refractivity contribution in [1.82, 2.24) is 20.2 Å². The number of nitrogens with zero attached hydrogens (tertiary/aromatic N) is 4. The molecule has 1 aromatic heterocycles. The molecule has 0 radical (unpaired) electrons. The number of hydrogen-bond donors (Lipinski definition) is 2. The average molecular weight is 444 g/mol. The summed E-state index contributed by atoms with van der Waals surface area (Å²) in [5.41, 5.74) is 3.88. The van der Waals surface area contributed by atoms with Gasteiger partial charge in [-0.1, -0.05) is 48.5 Å². The van der Waals surface area contributed by atoms with Crippen molar-refractivity contribution in [3.05, 3.63) is 78.1 Å². The molecule has 2 N–H and O–H groups in total. The third-order valence-electron chi connectivity index (χ3n) is 6.32. The molecule has 0 spiro atoms. The molecule has 1 fully saturated rings. The Bertz CT molecular complexity index is 1120. The van der Waals surface area contributed by atoms with Gasteiger partial charge in [-0.15, -0.1) is 0 Å². The SMILES string of the molecule is O=C(NC(CO)C(=O)N1CCN(c2ncccn2)CC1)C1c2ccccc2-c2ccccc21. The zero-order valence-electron chi connectivity index (χ0n) is 18.1. The number of carbonyl (C=O) groups excluding carboxylic acids is 2. The molecular weight excluding hydrogens is 418 g/mol. The number of aliphatic hydroxyl groups is 1. The van der Waals surface area contributed by atoms with Crippen LogP contribution in [0.4, 0.5) is 5.95 Å². The summed E-state index contributed by atoms with van der Waals surface area (Å²) >= 11 is 0. The molecule has 8 nitrogen and oxygen atoms in total. The van der Waals surface area contributed by atoms with Gasteiger partial charge >= 0.3 is 0 Å². The van der Waals surface area contributed by atoms with E-state index in [2.05, 4.69) is 15.3 Å². The van der Waals surface area contributed by atoms with Gasteiger partial charge in [-0.2, -0.15) is 0 Å². The molecule has 33 heavy (non-hydrogen) atoms. The maximum absolute atomic E-state index is 13.3. The van der Waals surface area contributed by atoms with Crippen LogP contribution in [-0.4, -0.2) is 70.6 Å². The summed E-state index contributed by atoms with van der Waals surface area (Å²) in [6, 6.07) is 16.4.